The van der Waals surface area contributed by atoms with Gasteiger partial charge in [0.15, 0.2) is 0 Å². The molecule has 0 atom stereocenters. The fourth-order valence-electron chi connectivity index (χ4n) is 2.62. The monoisotopic (exact) mass is 322 g/mol. The summed E-state index contributed by atoms with van der Waals surface area (Å²) in [6.07, 6.45) is 3.45. The number of carbonyl (C=O) groups is 1. The first-order valence-electron chi connectivity index (χ1n) is 7.76. The molecule has 2 aromatic rings. The van der Waals surface area contributed by atoms with Crippen LogP contribution >= 0.6 is 0 Å². The van der Waals surface area contributed by atoms with Crippen molar-refractivity contribution in [3.05, 3.63) is 72.5 Å². The molecule has 1 aromatic carbocycles. The lowest BCUT2D eigenvalue weighted by Crippen LogP contribution is -2.27. The van der Waals surface area contributed by atoms with Crippen LogP contribution < -0.4 is 4.90 Å². The van der Waals surface area contributed by atoms with Crippen molar-refractivity contribution < 1.29 is 9.90 Å². The first-order valence-corrected chi connectivity index (χ1v) is 7.76. The van der Waals surface area contributed by atoms with Crippen molar-refractivity contribution in [2.45, 2.75) is 13.8 Å². The van der Waals surface area contributed by atoms with E-state index in [1.807, 2.05) is 49.1 Å². The molecular formula is C20H22N2O2. The number of carboxylic acids is 1. The number of rotatable bonds is 7. The van der Waals surface area contributed by atoms with Gasteiger partial charge in [-0.25, -0.2) is 9.78 Å². The van der Waals surface area contributed by atoms with Gasteiger partial charge in [-0.2, -0.15) is 0 Å². The van der Waals surface area contributed by atoms with Crippen LogP contribution in [-0.4, -0.2) is 29.1 Å². The summed E-state index contributed by atoms with van der Waals surface area (Å²) in [5.41, 5.74) is 3.63. The van der Waals surface area contributed by atoms with Crippen molar-refractivity contribution in [2.75, 3.05) is 18.0 Å². The number of aryl methyl sites for hydroxylation is 2. The van der Waals surface area contributed by atoms with E-state index in [4.69, 9.17) is 0 Å². The zero-order chi connectivity index (χ0) is 17.7. The predicted octanol–water partition coefficient (Wildman–Crippen LogP) is 4.24. The average Bonchev–Trinajstić information content (AvgIpc) is 2.54. The Labute approximate surface area is 142 Å². The van der Waals surface area contributed by atoms with E-state index in [0.29, 0.717) is 24.5 Å². The molecule has 0 fully saturated rings. The van der Waals surface area contributed by atoms with Crippen molar-refractivity contribution in [3.8, 4) is 11.1 Å². The summed E-state index contributed by atoms with van der Waals surface area (Å²) >= 11 is 0. The molecule has 0 aliphatic carbocycles. The van der Waals surface area contributed by atoms with Gasteiger partial charge in [-0.3, -0.25) is 0 Å². The van der Waals surface area contributed by atoms with Gasteiger partial charge in [0.2, 0.25) is 0 Å². The predicted molar refractivity (Wildman–Crippen MR) is 98.7 cm³/mol. The van der Waals surface area contributed by atoms with Crippen LogP contribution in [0, 0.1) is 13.8 Å². The van der Waals surface area contributed by atoms with Crippen LogP contribution in [0.1, 0.15) is 21.6 Å². The van der Waals surface area contributed by atoms with E-state index < -0.39 is 5.97 Å². The molecule has 4 nitrogen and oxygen atoms in total. The Morgan fingerprint density at radius 3 is 2.25 bits per heavy atom. The number of carboxylic acid groups (broad SMARTS) is 1. The molecule has 0 saturated heterocycles. The molecule has 4 heteroatoms. The minimum atomic E-state index is -0.994. The molecule has 0 bridgehead atoms. The lowest BCUT2D eigenvalue weighted by Gasteiger charge is -2.24. The second kappa shape index (κ2) is 7.59. The van der Waals surface area contributed by atoms with Crippen LogP contribution in [0.3, 0.4) is 0 Å². The van der Waals surface area contributed by atoms with Crippen LogP contribution in [0.5, 0.6) is 0 Å². The fourth-order valence-corrected chi connectivity index (χ4v) is 2.62. The highest BCUT2D eigenvalue weighted by atomic mass is 16.4. The topological polar surface area (TPSA) is 53.4 Å². The van der Waals surface area contributed by atoms with Crippen molar-refractivity contribution in [1.82, 2.24) is 4.98 Å². The lowest BCUT2D eigenvalue weighted by molar-refractivity contribution is 0.0698. The third-order valence-corrected chi connectivity index (χ3v) is 3.70. The van der Waals surface area contributed by atoms with Crippen LogP contribution in [0.25, 0.3) is 11.1 Å². The van der Waals surface area contributed by atoms with Crippen LogP contribution in [0.4, 0.5) is 5.82 Å². The van der Waals surface area contributed by atoms with Gasteiger partial charge >= 0.3 is 5.97 Å². The van der Waals surface area contributed by atoms with E-state index in [1.54, 1.807) is 12.2 Å². The Kier molecular flexibility index (Phi) is 5.53. The third-order valence-electron chi connectivity index (χ3n) is 3.70. The van der Waals surface area contributed by atoms with Gasteiger partial charge in [0.1, 0.15) is 11.4 Å². The summed E-state index contributed by atoms with van der Waals surface area (Å²) < 4.78 is 0. The van der Waals surface area contributed by atoms with E-state index in [1.165, 1.54) is 0 Å². The van der Waals surface area contributed by atoms with Crippen molar-refractivity contribution in [3.63, 3.8) is 0 Å². The van der Waals surface area contributed by atoms with E-state index in [-0.39, 0.29) is 5.56 Å². The average molecular weight is 322 g/mol. The Morgan fingerprint density at radius 1 is 1.17 bits per heavy atom. The second-order valence-electron chi connectivity index (χ2n) is 5.66. The smallest absolute Gasteiger partial charge is 0.340 e. The summed E-state index contributed by atoms with van der Waals surface area (Å²) in [5, 5.41) is 9.82. The second-order valence-corrected chi connectivity index (χ2v) is 5.66. The van der Waals surface area contributed by atoms with Gasteiger partial charge in [0.05, 0.1) is 0 Å². The number of aromatic nitrogens is 1. The summed E-state index contributed by atoms with van der Waals surface area (Å²) in [5.74, 6) is -0.552. The molecule has 0 aliphatic rings. The zero-order valence-electron chi connectivity index (χ0n) is 14.1. The van der Waals surface area contributed by atoms with Crippen molar-refractivity contribution in [2.24, 2.45) is 0 Å². The van der Waals surface area contributed by atoms with Crippen molar-refractivity contribution in [1.29, 1.82) is 0 Å². The number of pyridine rings is 1. The molecule has 0 radical (unpaired) electrons. The Hall–Kier alpha value is -2.88. The Balaban J connectivity index is 2.71. The number of nitrogens with zero attached hydrogens (tertiary/aromatic N) is 2. The number of benzene rings is 1. The first kappa shape index (κ1) is 17.5. The van der Waals surface area contributed by atoms with Crippen LogP contribution in [0.15, 0.2) is 55.6 Å². The molecule has 124 valence electrons. The molecule has 0 aliphatic heterocycles. The summed E-state index contributed by atoms with van der Waals surface area (Å²) in [7, 11) is 0. The maximum absolute atomic E-state index is 12.0. The highest BCUT2D eigenvalue weighted by Crippen LogP contribution is 2.31. The molecule has 1 heterocycles. The summed E-state index contributed by atoms with van der Waals surface area (Å²) in [6, 6.07) is 9.64. The SMILES string of the molecule is C=CCN(CC=C)c1nc(C)cc(-c2ccc(C)cc2)c1C(=O)O. The maximum atomic E-state index is 12.0. The fraction of sp³-hybridized carbons (Fsp3) is 0.200. The summed E-state index contributed by atoms with van der Waals surface area (Å²) in [6.45, 7) is 12.3. The highest BCUT2D eigenvalue weighted by Gasteiger charge is 2.22. The lowest BCUT2D eigenvalue weighted by atomic mass is 9.98. The molecule has 0 unspecified atom stereocenters. The van der Waals surface area contributed by atoms with Gasteiger partial charge in [0, 0.05) is 24.3 Å². The zero-order valence-corrected chi connectivity index (χ0v) is 14.1. The molecule has 0 spiro atoms. The number of hydrogen-bond acceptors (Lipinski definition) is 3. The minimum absolute atomic E-state index is 0.202. The van der Waals surface area contributed by atoms with Gasteiger partial charge < -0.3 is 10.0 Å². The normalized spacial score (nSPS) is 10.2. The van der Waals surface area contributed by atoms with Gasteiger partial charge in [0.25, 0.3) is 0 Å². The number of hydrogen-bond donors (Lipinski definition) is 1. The molecule has 0 saturated carbocycles. The van der Waals surface area contributed by atoms with Crippen LogP contribution in [0.2, 0.25) is 0 Å². The van der Waals surface area contributed by atoms with Gasteiger partial charge in [-0.1, -0.05) is 42.0 Å². The molecular weight excluding hydrogens is 300 g/mol. The van der Waals surface area contributed by atoms with E-state index in [9.17, 15) is 9.90 Å². The number of aromatic carboxylic acids is 1. The Morgan fingerprint density at radius 2 is 1.75 bits per heavy atom. The molecule has 24 heavy (non-hydrogen) atoms. The molecule has 1 aromatic heterocycles. The Bertz CT molecular complexity index is 754. The van der Waals surface area contributed by atoms with E-state index >= 15 is 0 Å². The van der Waals surface area contributed by atoms with Gasteiger partial charge in [-0.05, 0) is 25.5 Å². The quantitative estimate of drug-likeness (QED) is 0.775. The molecule has 1 N–H and O–H groups in total. The maximum Gasteiger partial charge on any atom is 0.340 e. The molecule has 0 amide bonds. The van der Waals surface area contributed by atoms with E-state index in [0.717, 1.165) is 16.8 Å². The highest BCUT2D eigenvalue weighted by molar-refractivity contribution is 6.01. The third kappa shape index (κ3) is 3.71. The van der Waals surface area contributed by atoms with Crippen molar-refractivity contribution >= 4 is 11.8 Å². The standard InChI is InChI=1S/C20H22N2O2/c1-5-11-22(12-6-2)19-18(20(23)24)17(13-15(4)21-19)16-9-7-14(3)8-10-16/h5-10,13H,1-2,11-12H2,3-4H3,(H,23,24). The van der Waals surface area contributed by atoms with Gasteiger partial charge in [-0.15, -0.1) is 13.2 Å². The first-order chi connectivity index (χ1) is 11.5. The van der Waals surface area contributed by atoms with E-state index in [2.05, 4.69) is 18.1 Å². The van der Waals surface area contributed by atoms with Crippen LogP contribution in [-0.2, 0) is 0 Å². The minimum Gasteiger partial charge on any atom is -0.478 e. The largest absolute Gasteiger partial charge is 0.478 e. The number of anilines is 1. The molecule has 2 rings (SSSR count). The summed E-state index contributed by atoms with van der Waals surface area (Å²) in [4.78, 5) is 18.3.